The second-order valence-electron chi connectivity index (χ2n) is 3.84. The molecule has 6 nitrogen and oxygen atoms in total. The molecule has 0 aromatic rings. The van der Waals surface area contributed by atoms with Crippen molar-refractivity contribution in [2.75, 3.05) is 19.8 Å². The molecule has 6 heteroatoms. The Labute approximate surface area is 94.6 Å². The predicted octanol–water partition coefficient (Wildman–Crippen LogP) is 0.280. The minimum Gasteiger partial charge on any atom is -0.480 e. The molecule has 0 aliphatic carbocycles. The fourth-order valence-corrected chi connectivity index (χ4v) is 1.59. The molecule has 1 heterocycles. The summed E-state index contributed by atoms with van der Waals surface area (Å²) in [6.07, 6.45) is 0.800. The van der Waals surface area contributed by atoms with Gasteiger partial charge in [-0.25, -0.2) is 4.79 Å². The predicted molar refractivity (Wildman–Crippen MR) is 57.2 cm³/mol. The lowest BCUT2D eigenvalue weighted by Gasteiger charge is -2.35. The van der Waals surface area contributed by atoms with Crippen molar-refractivity contribution < 1.29 is 19.4 Å². The highest BCUT2D eigenvalue weighted by Crippen LogP contribution is 2.10. The van der Waals surface area contributed by atoms with E-state index in [1.54, 1.807) is 4.90 Å². The van der Waals surface area contributed by atoms with Gasteiger partial charge in [0.1, 0.15) is 6.04 Å². The van der Waals surface area contributed by atoms with Crippen LogP contribution in [0.3, 0.4) is 0 Å². The van der Waals surface area contributed by atoms with Crippen LogP contribution >= 0.6 is 0 Å². The van der Waals surface area contributed by atoms with Gasteiger partial charge < -0.3 is 20.1 Å². The van der Waals surface area contributed by atoms with E-state index in [4.69, 9.17) is 9.84 Å². The fourth-order valence-electron chi connectivity index (χ4n) is 1.59. The van der Waals surface area contributed by atoms with Crippen LogP contribution in [-0.4, -0.2) is 53.8 Å². The number of amides is 2. The highest BCUT2D eigenvalue weighted by molar-refractivity contribution is 5.82. The summed E-state index contributed by atoms with van der Waals surface area (Å²) in [5.41, 5.74) is 0. The first-order chi connectivity index (χ1) is 7.56. The Morgan fingerprint density at radius 1 is 1.62 bits per heavy atom. The summed E-state index contributed by atoms with van der Waals surface area (Å²) < 4.78 is 5.27. The Bertz CT molecular complexity index is 270. The van der Waals surface area contributed by atoms with Gasteiger partial charge in [-0.2, -0.15) is 0 Å². The molecule has 1 aliphatic rings. The number of ether oxygens (including phenoxy) is 1. The van der Waals surface area contributed by atoms with E-state index in [1.165, 1.54) is 6.92 Å². The molecule has 1 fully saturated rings. The molecule has 1 unspecified atom stereocenters. The SMILES string of the molecule is CCC1COCCN1C(=O)N[C@@H](C)C(=O)O. The molecular weight excluding hydrogens is 212 g/mol. The summed E-state index contributed by atoms with van der Waals surface area (Å²) in [7, 11) is 0. The number of morpholine rings is 1. The monoisotopic (exact) mass is 230 g/mol. The molecule has 0 saturated carbocycles. The van der Waals surface area contributed by atoms with E-state index in [-0.39, 0.29) is 12.1 Å². The molecule has 16 heavy (non-hydrogen) atoms. The van der Waals surface area contributed by atoms with Crippen LogP contribution < -0.4 is 5.32 Å². The Hall–Kier alpha value is -1.30. The summed E-state index contributed by atoms with van der Waals surface area (Å²) in [5, 5.41) is 11.1. The number of nitrogens with one attached hydrogen (secondary N) is 1. The number of hydrogen-bond acceptors (Lipinski definition) is 3. The van der Waals surface area contributed by atoms with Crippen molar-refractivity contribution in [3.63, 3.8) is 0 Å². The Morgan fingerprint density at radius 3 is 2.88 bits per heavy atom. The van der Waals surface area contributed by atoms with E-state index >= 15 is 0 Å². The van der Waals surface area contributed by atoms with Gasteiger partial charge in [0.15, 0.2) is 0 Å². The molecule has 0 radical (unpaired) electrons. The van der Waals surface area contributed by atoms with Crippen molar-refractivity contribution in [1.29, 1.82) is 0 Å². The maximum atomic E-state index is 11.8. The first-order valence-electron chi connectivity index (χ1n) is 5.44. The number of carbonyl (C=O) groups is 2. The van der Waals surface area contributed by atoms with E-state index in [1.807, 2.05) is 6.92 Å². The van der Waals surface area contributed by atoms with Gasteiger partial charge in [0, 0.05) is 6.54 Å². The lowest BCUT2D eigenvalue weighted by Crippen LogP contribution is -2.54. The van der Waals surface area contributed by atoms with Crippen molar-refractivity contribution in [3.8, 4) is 0 Å². The van der Waals surface area contributed by atoms with Crippen LogP contribution in [0.25, 0.3) is 0 Å². The number of nitrogens with zero attached hydrogens (tertiary/aromatic N) is 1. The van der Waals surface area contributed by atoms with Gasteiger partial charge in [0.05, 0.1) is 19.3 Å². The number of carbonyl (C=O) groups excluding carboxylic acids is 1. The van der Waals surface area contributed by atoms with Gasteiger partial charge in [0.25, 0.3) is 0 Å². The average molecular weight is 230 g/mol. The van der Waals surface area contributed by atoms with E-state index in [0.717, 1.165) is 6.42 Å². The van der Waals surface area contributed by atoms with Gasteiger partial charge >= 0.3 is 12.0 Å². The van der Waals surface area contributed by atoms with E-state index in [2.05, 4.69) is 5.32 Å². The molecule has 1 aliphatic heterocycles. The topological polar surface area (TPSA) is 78.9 Å². The largest absolute Gasteiger partial charge is 0.480 e. The Kier molecular flexibility index (Phi) is 4.54. The number of hydrogen-bond donors (Lipinski definition) is 2. The molecule has 2 amide bonds. The van der Waals surface area contributed by atoms with Crippen molar-refractivity contribution in [3.05, 3.63) is 0 Å². The second kappa shape index (κ2) is 5.69. The summed E-state index contributed by atoms with van der Waals surface area (Å²) in [5.74, 6) is -1.03. The van der Waals surface area contributed by atoms with Crippen LogP contribution in [0.1, 0.15) is 20.3 Å². The van der Waals surface area contributed by atoms with Gasteiger partial charge in [-0.3, -0.25) is 4.79 Å². The number of carboxylic acid groups (broad SMARTS) is 1. The van der Waals surface area contributed by atoms with Crippen LogP contribution in [0.5, 0.6) is 0 Å². The number of carboxylic acids is 1. The standard InChI is InChI=1S/C10H18N2O4/c1-3-8-6-16-5-4-12(8)10(15)11-7(2)9(13)14/h7-8H,3-6H2,1-2H3,(H,11,15)(H,13,14)/t7-,8?/m0/s1. The Balaban J connectivity index is 2.54. The highest BCUT2D eigenvalue weighted by Gasteiger charge is 2.27. The molecule has 92 valence electrons. The van der Waals surface area contributed by atoms with Crippen molar-refractivity contribution >= 4 is 12.0 Å². The third-order valence-corrected chi connectivity index (χ3v) is 2.67. The summed E-state index contributed by atoms with van der Waals surface area (Å²) in [6, 6.07) is -1.16. The summed E-state index contributed by atoms with van der Waals surface area (Å²) >= 11 is 0. The third kappa shape index (κ3) is 3.10. The highest BCUT2D eigenvalue weighted by atomic mass is 16.5. The van der Waals surface area contributed by atoms with Crippen LogP contribution in [0.2, 0.25) is 0 Å². The van der Waals surface area contributed by atoms with E-state index in [0.29, 0.717) is 19.8 Å². The molecule has 0 bridgehead atoms. The zero-order chi connectivity index (χ0) is 12.1. The lowest BCUT2D eigenvalue weighted by molar-refractivity contribution is -0.138. The van der Waals surface area contributed by atoms with E-state index < -0.39 is 12.0 Å². The van der Waals surface area contributed by atoms with Gasteiger partial charge in [0.2, 0.25) is 0 Å². The van der Waals surface area contributed by atoms with Crippen molar-refractivity contribution in [2.24, 2.45) is 0 Å². The molecule has 0 spiro atoms. The first-order valence-corrected chi connectivity index (χ1v) is 5.44. The maximum Gasteiger partial charge on any atom is 0.325 e. The summed E-state index contributed by atoms with van der Waals surface area (Å²) in [4.78, 5) is 24.0. The molecular formula is C10H18N2O4. The third-order valence-electron chi connectivity index (χ3n) is 2.67. The normalized spacial score (nSPS) is 22.6. The molecule has 2 N–H and O–H groups in total. The van der Waals surface area contributed by atoms with Gasteiger partial charge in [-0.1, -0.05) is 6.92 Å². The van der Waals surface area contributed by atoms with Crippen LogP contribution in [0, 0.1) is 0 Å². The smallest absolute Gasteiger partial charge is 0.325 e. The quantitative estimate of drug-likeness (QED) is 0.730. The zero-order valence-corrected chi connectivity index (χ0v) is 9.60. The number of aliphatic carboxylic acids is 1. The number of urea groups is 1. The number of rotatable bonds is 3. The zero-order valence-electron chi connectivity index (χ0n) is 9.60. The Morgan fingerprint density at radius 2 is 2.31 bits per heavy atom. The minimum absolute atomic E-state index is 0.0368. The molecule has 0 aromatic heterocycles. The minimum atomic E-state index is -1.03. The van der Waals surface area contributed by atoms with Crippen LogP contribution in [0.4, 0.5) is 4.79 Å². The average Bonchev–Trinajstić information content (AvgIpc) is 2.28. The van der Waals surface area contributed by atoms with Gasteiger partial charge in [-0.15, -0.1) is 0 Å². The first kappa shape index (κ1) is 12.8. The van der Waals surface area contributed by atoms with Crippen molar-refractivity contribution in [1.82, 2.24) is 10.2 Å². The van der Waals surface area contributed by atoms with E-state index in [9.17, 15) is 9.59 Å². The van der Waals surface area contributed by atoms with Crippen LogP contribution in [-0.2, 0) is 9.53 Å². The molecule has 2 atom stereocenters. The lowest BCUT2D eigenvalue weighted by atomic mass is 10.2. The molecule has 1 saturated heterocycles. The second-order valence-corrected chi connectivity index (χ2v) is 3.84. The van der Waals surface area contributed by atoms with Crippen molar-refractivity contribution in [2.45, 2.75) is 32.4 Å². The summed E-state index contributed by atoms with van der Waals surface area (Å²) in [6.45, 7) is 4.95. The van der Waals surface area contributed by atoms with Gasteiger partial charge in [-0.05, 0) is 13.3 Å². The maximum absolute atomic E-state index is 11.8. The molecule has 1 rings (SSSR count). The van der Waals surface area contributed by atoms with Crippen LogP contribution in [0.15, 0.2) is 0 Å². The molecule has 0 aromatic carbocycles. The fraction of sp³-hybridized carbons (Fsp3) is 0.800.